The van der Waals surface area contributed by atoms with Gasteiger partial charge in [0.15, 0.2) is 0 Å². The Morgan fingerprint density at radius 2 is 1.58 bits per heavy atom. The van der Waals surface area contributed by atoms with Gasteiger partial charge in [0.1, 0.15) is 5.82 Å². The molecular formula is C28H31FN4O5. The van der Waals surface area contributed by atoms with Crippen molar-refractivity contribution in [3.05, 3.63) is 81.7 Å². The van der Waals surface area contributed by atoms with Crippen LogP contribution < -0.4 is 10.6 Å². The zero-order valence-electron chi connectivity index (χ0n) is 21.0. The summed E-state index contributed by atoms with van der Waals surface area (Å²) in [5.41, 5.74) is 1.01. The standard InChI is InChI=1S/C28H31FN4O5/c29-22-12-10-20(11-13-22)27(35)30-24-5-1-2-6-25(24)31-28(36)21-4-3-17-32(18-21)26(34)16-9-19-7-14-23(15-8-19)33(37)38/h7-16,21,24-25H,1-6,17-18H2,(H,30,35)(H,31,36)/b16-9+/t21-,24-,25-/m1/s1. The van der Waals surface area contributed by atoms with Gasteiger partial charge < -0.3 is 15.5 Å². The number of nitrogens with zero attached hydrogens (tertiary/aromatic N) is 2. The van der Waals surface area contributed by atoms with Gasteiger partial charge in [-0.3, -0.25) is 24.5 Å². The summed E-state index contributed by atoms with van der Waals surface area (Å²) in [4.78, 5) is 50.5. The van der Waals surface area contributed by atoms with Crippen LogP contribution in [0, 0.1) is 21.8 Å². The molecule has 2 fully saturated rings. The van der Waals surface area contributed by atoms with Crippen molar-refractivity contribution >= 4 is 29.5 Å². The molecule has 1 saturated heterocycles. The second kappa shape index (κ2) is 12.4. The Hall–Kier alpha value is -4.08. The maximum atomic E-state index is 13.2. The second-order valence-corrected chi connectivity index (χ2v) is 9.79. The van der Waals surface area contributed by atoms with E-state index in [0.29, 0.717) is 37.1 Å². The molecule has 0 spiro atoms. The number of nitro groups is 1. The first-order valence-electron chi connectivity index (χ1n) is 12.9. The minimum atomic E-state index is -0.480. The van der Waals surface area contributed by atoms with Gasteiger partial charge in [-0.25, -0.2) is 4.39 Å². The molecule has 1 aliphatic heterocycles. The van der Waals surface area contributed by atoms with E-state index < -0.39 is 10.7 Å². The third-order valence-corrected chi connectivity index (χ3v) is 7.14. The summed E-state index contributed by atoms with van der Waals surface area (Å²) in [6.45, 7) is 0.849. The molecule has 38 heavy (non-hydrogen) atoms. The van der Waals surface area contributed by atoms with Gasteiger partial charge in [-0.05, 0) is 73.7 Å². The number of non-ortho nitro benzene ring substituents is 1. The van der Waals surface area contributed by atoms with E-state index in [0.717, 1.165) is 25.7 Å². The number of amides is 3. The molecule has 1 saturated carbocycles. The number of halogens is 1. The van der Waals surface area contributed by atoms with E-state index in [1.54, 1.807) is 23.1 Å². The van der Waals surface area contributed by atoms with Gasteiger partial charge in [-0.1, -0.05) is 12.8 Å². The highest BCUT2D eigenvalue weighted by atomic mass is 19.1. The molecule has 0 aromatic heterocycles. The number of hydrogen-bond donors (Lipinski definition) is 2. The molecule has 2 N–H and O–H groups in total. The van der Waals surface area contributed by atoms with Crippen LogP contribution in [0.5, 0.6) is 0 Å². The number of nitrogens with one attached hydrogen (secondary N) is 2. The molecule has 10 heteroatoms. The Bertz CT molecular complexity index is 1200. The highest BCUT2D eigenvalue weighted by Gasteiger charge is 2.32. The quantitative estimate of drug-likeness (QED) is 0.325. The smallest absolute Gasteiger partial charge is 0.269 e. The molecule has 2 aromatic rings. The Morgan fingerprint density at radius 3 is 2.24 bits per heavy atom. The molecule has 1 heterocycles. The van der Waals surface area contributed by atoms with Crippen LogP contribution in [0.25, 0.3) is 6.08 Å². The van der Waals surface area contributed by atoms with E-state index in [1.165, 1.54) is 42.5 Å². The number of hydrogen-bond acceptors (Lipinski definition) is 5. The monoisotopic (exact) mass is 522 g/mol. The zero-order chi connectivity index (χ0) is 27.1. The van der Waals surface area contributed by atoms with Crippen molar-refractivity contribution in [1.82, 2.24) is 15.5 Å². The Kier molecular flexibility index (Phi) is 8.83. The second-order valence-electron chi connectivity index (χ2n) is 9.79. The lowest BCUT2D eigenvalue weighted by Gasteiger charge is -2.36. The lowest BCUT2D eigenvalue weighted by Crippen LogP contribution is -2.55. The maximum Gasteiger partial charge on any atom is 0.269 e. The van der Waals surface area contributed by atoms with E-state index >= 15 is 0 Å². The first kappa shape index (κ1) is 27.0. The summed E-state index contributed by atoms with van der Waals surface area (Å²) in [5, 5.41) is 16.9. The largest absolute Gasteiger partial charge is 0.351 e. The lowest BCUT2D eigenvalue weighted by molar-refractivity contribution is -0.384. The normalized spacial score (nSPS) is 21.6. The third kappa shape index (κ3) is 7.02. The number of likely N-dealkylation sites (tertiary alicyclic amines) is 1. The summed E-state index contributed by atoms with van der Waals surface area (Å²) in [7, 11) is 0. The SMILES string of the molecule is O=C(N[C@@H]1CCCC[C@H]1NC(=O)[C@@H]1CCCN(C(=O)/C=C/c2ccc([N+](=O)[O-])cc2)C1)c1ccc(F)cc1. The van der Waals surface area contributed by atoms with Crippen LogP contribution in [0.3, 0.4) is 0 Å². The van der Waals surface area contributed by atoms with Crippen molar-refractivity contribution in [3.63, 3.8) is 0 Å². The van der Waals surface area contributed by atoms with Crippen LogP contribution in [0.1, 0.15) is 54.4 Å². The molecule has 0 radical (unpaired) electrons. The Balaban J connectivity index is 1.32. The molecule has 2 aliphatic rings. The lowest BCUT2D eigenvalue weighted by atomic mass is 9.88. The van der Waals surface area contributed by atoms with Crippen LogP contribution in [0.4, 0.5) is 10.1 Å². The minimum absolute atomic E-state index is 0.0198. The van der Waals surface area contributed by atoms with Crippen molar-refractivity contribution in [2.75, 3.05) is 13.1 Å². The van der Waals surface area contributed by atoms with Gasteiger partial charge in [0, 0.05) is 48.9 Å². The number of piperidine rings is 1. The first-order valence-corrected chi connectivity index (χ1v) is 12.9. The number of carbonyl (C=O) groups excluding carboxylic acids is 3. The van der Waals surface area contributed by atoms with Crippen molar-refractivity contribution < 1.29 is 23.7 Å². The van der Waals surface area contributed by atoms with Crippen LogP contribution in [-0.4, -0.2) is 52.7 Å². The molecule has 3 atom stereocenters. The number of carbonyl (C=O) groups is 3. The molecule has 0 unspecified atom stereocenters. The molecular weight excluding hydrogens is 491 g/mol. The fraction of sp³-hybridized carbons (Fsp3) is 0.393. The molecule has 2 aromatic carbocycles. The molecule has 0 bridgehead atoms. The predicted molar refractivity (Wildman–Crippen MR) is 139 cm³/mol. The van der Waals surface area contributed by atoms with Crippen molar-refractivity contribution in [2.45, 2.75) is 50.6 Å². The zero-order valence-corrected chi connectivity index (χ0v) is 21.0. The minimum Gasteiger partial charge on any atom is -0.351 e. The highest BCUT2D eigenvalue weighted by Crippen LogP contribution is 2.22. The molecule has 4 rings (SSSR count). The van der Waals surface area contributed by atoms with Crippen LogP contribution in [0.2, 0.25) is 0 Å². The number of nitro benzene ring substituents is 1. The van der Waals surface area contributed by atoms with E-state index in [9.17, 15) is 28.9 Å². The van der Waals surface area contributed by atoms with Gasteiger partial charge in [0.25, 0.3) is 11.6 Å². The fourth-order valence-corrected chi connectivity index (χ4v) is 5.00. The predicted octanol–water partition coefficient (Wildman–Crippen LogP) is 3.84. The van der Waals surface area contributed by atoms with E-state index in [4.69, 9.17) is 0 Å². The van der Waals surface area contributed by atoms with E-state index in [1.807, 2.05) is 0 Å². The molecule has 9 nitrogen and oxygen atoms in total. The molecule has 200 valence electrons. The topological polar surface area (TPSA) is 122 Å². The maximum absolute atomic E-state index is 13.2. The average Bonchev–Trinajstić information content (AvgIpc) is 2.93. The third-order valence-electron chi connectivity index (χ3n) is 7.14. The van der Waals surface area contributed by atoms with Crippen molar-refractivity contribution in [3.8, 4) is 0 Å². The Morgan fingerprint density at radius 1 is 0.921 bits per heavy atom. The van der Waals surface area contributed by atoms with Gasteiger partial charge >= 0.3 is 0 Å². The van der Waals surface area contributed by atoms with Crippen LogP contribution in [-0.2, 0) is 9.59 Å². The van der Waals surface area contributed by atoms with Crippen LogP contribution in [0.15, 0.2) is 54.6 Å². The van der Waals surface area contributed by atoms with Crippen molar-refractivity contribution in [2.24, 2.45) is 5.92 Å². The molecule has 3 amide bonds. The number of benzene rings is 2. The van der Waals surface area contributed by atoms with E-state index in [2.05, 4.69) is 10.6 Å². The fourth-order valence-electron chi connectivity index (χ4n) is 5.00. The van der Waals surface area contributed by atoms with Crippen LogP contribution >= 0.6 is 0 Å². The first-order chi connectivity index (χ1) is 18.3. The Labute approximate surface area is 220 Å². The number of rotatable bonds is 7. The van der Waals surface area contributed by atoms with Gasteiger partial charge in [-0.15, -0.1) is 0 Å². The highest BCUT2D eigenvalue weighted by molar-refractivity contribution is 5.94. The summed E-state index contributed by atoms with van der Waals surface area (Å²) in [6, 6.07) is 10.8. The summed E-state index contributed by atoms with van der Waals surface area (Å²) in [5.74, 6) is -1.41. The summed E-state index contributed by atoms with van der Waals surface area (Å²) < 4.78 is 13.2. The molecule has 1 aliphatic carbocycles. The summed E-state index contributed by atoms with van der Waals surface area (Å²) >= 11 is 0. The van der Waals surface area contributed by atoms with Gasteiger partial charge in [0.05, 0.1) is 10.8 Å². The van der Waals surface area contributed by atoms with Crippen molar-refractivity contribution in [1.29, 1.82) is 0 Å². The van der Waals surface area contributed by atoms with E-state index in [-0.39, 0.29) is 41.4 Å². The summed E-state index contributed by atoms with van der Waals surface area (Å²) in [6.07, 6.45) is 7.75. The van der Waals surface area contributed by atoms with Gasteiger partial charge in [-0.2, -0.15) is 0 Å². The van der Waals surface area contributed by atoms with Gasteiger partial charge in [0.2, 0.25) is 11.8 Å². The average molecular weight is 523 g/mol.